The van der Waals surface area contributed by atoms with Gasteiger partial charge in [-0.3, -0.25) is 9.59 Å². The first-order valence-electron chi connectivity index (χ1n) is 7.07. The molecule has 0 saturated heterocycles. The summed E-state index contributed by atoms with van der Waals surface area (Å²) in [6.45, 7) is 0. The molecule has 24 heavy (non-hydrogen) atoms. The van der Waals surface area contributed by atoms with Crippen molar-refractivity contribution in [1.82, 2.24) is 4.90 Å². The normalized spacial score (nSPS) is 10.3. The first kappa shape index (κ1) is 17.9. The van der Waals surface area contributed by atoms with Crippen molar-refractivity contribution < 1.29 is 18.4 Å². The molecule has 2 amide bonds. The molecule has 1 N–H and O–H groups in total. The Labute approximate surface area is 142 Å². The zero-order valence-corrected chi connectivity index (χ0v) is 14.0. The van der Waals surface area contributed by atoms with Gasteiger partial charge in [-0.25, -0.2) is 8.78 Å². The lowest BCUT2D eigenvalue weighted by molar-refractivity contribution is -0.125. The molecule has 2 aromatic rings. The third kappa shape index (κ3) is 4.55. The number of carbonyl (C=O) groups excluding carboxylic acids is 2. The number of hydrogen-bond donors (Lipinski definition) is 1. The topological polar surface area (TPSA) is 49.4 Å². The molecule has 0 fully saturated rings. The number of anilines is 1. The van der Waals surface area contributed by atoms with Crippen LogP contribution in [0, 0.1) is 11.6 Å². The fourth-order valence-corrected chi connectivity index (χ4v) is 2.85. The van der Waals surface area contributed by atoms with Crippen LogP contribution in [0.4, 0.5) is 14.5 Å². The van der Waals surface area contributed by atoms with Crippen molar-refractivity contribution >= 4 is 29.3 Å². The van der Waals surface area contributed by atoms with E-state index in [9.17, 15) is 18.4 Å². The van der Waals surface area contributed by atoms with E-state index < -0.39 is 17.5 Å². The molecule has 0 atom stereocenters. The van der Waals surface area contributed by atoms with Gasteiger partial charge >= 0.3 is 0 Å². The number of hydrogen-bond acceptors (Lipinski definition) is 3. The van der Waals surface area contributed by atoms with Gasteiger partial charge in [0.15, 0.2) is 11.6 Å². The molecule has 4 nitrogen and oxygen atoms in total. The van der Waals surface area contributed by atoms with E-state index in [1.54, 1.807) is 38.4 Å². The predicted octanol–water partition coefficient (Wildman–Crippen LogP) is 3.40. The standard InChI is InChI=1S/C17H16F2N2O2S/c1-21(2)16(22)10-24-15-6-4-3-5-12(15)17(23)20-11-7-8-13(18)14(19)9-11/h3-9H,10H2,1-2H3,(H,20,23). The summed E-state index contributed by atoms with van der Waals surface area (Å²) in [6, 6.07) is 9.93. The second kappa shape index (κ2) is 7.92. The third-order valence-electron chi connectivity index (χ3n) is 3.16. The van der Waals surface area contributed by atoms with Crippen LogP contribution in [0.5, 0.6) is 0 Å². The monoisotopic (exact) mass is 350 g/mol. The second-order valence-electron chi connectivity index (χ2n) is 5.16. The van der Waals surface area contributed by atoms with Gasteiger partial charge in [0.2, 0.25) is 5.91 Å². The molecule has 0 spiro atoms. The third-order valence-corrected chi connectivity index (χ3v) is 4.22. The summed E-state index contributed by atoms with van der Waals surface area (Å²) >= 11 is 1.24. The Bertz CT molecular complexity index is 766. The predicted molar refractivity (Wildman–Crippen MR) is 90.2 cm³/mol. The summed E-state index contributed by atoms with van der Waals surface area (Å²) in [5.41, 5.74) is 0.516. The smallest absolute Gasteiger partial charge is 0.256 e. The van der Waals surface area contributed by atoms with Crippen LogP contribution in [-0.4, -0.2) is 36.6 Å². The van der Waals surface area contributed by atoms with Gasteiger partial charge in [-0.05, 0) is 24.3 Å². The van der Waals surface area contributed by atoms with E-state index in [2.05, 4.69) is 5.32 Å². The van der Waals surface area contributed by atoms with Crippen LogP contribution in [-0.2, 0) is 4.79 Å². The largest absolute Gasteiger partial charge is 0.348 e. The van der Waals surface area contributed by atoms with E-state index in [-0.39, 0.29) is 17.3 Å². The average molecular weight is 350 g/mol. The van der Waals surface area contributed by atoms with Gasteiger partial charge in [-0.15, -0.1) is 11.8 Å². The van der Waals surface area contributed by atoms with Gasteiger partial charge in [0.25, 0.3) is 5.91 Å². The van der Waals surface area contributed by atoms with Crippen LogP contribution in [0.3, 0.4) is 0 Å². The van der Waals surface area contributed by atoms with Crippen LogP contribution in [0.2, 0.25) is 0 Å². The van der Waals surface area contributed by atoms with E-state index in [1.165, 1.54) is 22.7 Å². The molecule has 0 aromatic heterocycles. The molecular formula is C17H16F2N2O2S. The molecule has 126 valence electrons. The van der Waals surface area contributed by atoms with Crippen LogP contribution in [0.15, 0.2) is 47.4 Å². The number of nitrogens with one attached hydrogen (secondary N) is 1. The number of halogens is 2. The summed E-state index contributed by atoms with van der Waals surface area (Å²) < 4.78 is 26.2. The van der Waals surface area contributed by atoms with Crippen molar-refractivity contribution in [2.24, 2.45) is 0 Å². The summed E-state index contributed by atoms with van der Waals surface area (Å²) in [5.74, 6) is -2.35. The van der Waals surface area contributed by atoms with Crippen molar-refractivity contribution in [2.75, 3.05) is 25.2 Å². The number of benzene rings is 2. The van der Waals surface area contributed by atoms with Gasteiger partial charge in [0, 0.05) is 30.7 Å². The molecule has 2 rings (SSSR count). The van der Waals surface area contributed by atoms with E-state index in [4.69, 9.17) is 0 Å². The molecule has 0 heterocycles. The SMILES string of the molecule is CN(C)C(=O)CSc1ccccc1C(=O)Nc1ccc(F)c(F)c1. The Morgan fingerprint density at radius 3 is 2.46 bits per heavy atom. The highest BCUT2D eigenvalue weighted by Gasteiger charge is 2.14. The van der Waals surface area contributed by atoms with E-state index in [1.807, 2.05) is 0 Å². The van der Waals surface area contributed by atoms with E-state index >= 15 is 0 Å². The Morgan fingerprint density at radius 2 is 1.79 bits per heavy atom. The minimum Gasteiger partial charge on any atom is -0.348 e. The summed E-state index contributed by atoms with van der Waals surface area (Å²) in [5, 5.41) is 2.52. The number of thioether (sulfide) groups is 1. The molecule has 0 radical (unpaired) electrons. The molecule has 0 saturated carbocycles. The molecule has 0 aliphatic heterocycles. The van der Waals surface area contributed by atoms with Crippen molar-refractivity contribution in [1.29, 1.82) is 0 Å². The number of rotatable bonds is 5. The Kier molecular flexibility index (Phi) is 5.92. The van der Waals surface area contributed by atoms with Crippen LogP contribution < -0.4 is 5.32 Å². The van der Waals surface area contributed by atoms with Crippen LogP contribution in [0.25, 0.3) is 0 Å². The highest BCUT2D eigenvalue weighted by Crippen LogP contribution is 2.24. The second-order valence-corrected chi connectivity index (χ2v) is 6.17. The molecule has 0 aliphatic rings. The molecular weight excluding hydrogens is 334 g/mol. The minimum atomic E-state index is -1.04. The molecule has 0 aliphatic carbocycles. The Hall–Kier alpha value is -2.41. The van der Waals surface area contributed by atoms with Crippen molar-refractivity contribution in [3.63, 3.8) is 0 Å². The Morgan fingerprint density at radius 1 is 1.08 bits per heavy atom. The van der Waals surface area contributed by atoms with Crippen molar-refractivity contribution in [2.45, 2.75) is 4.90 Å². The van der Waals surface area contributed by atoms with Gasteiger partial charge in [-0.1, -0.05) is 12.1 Å². The van der Waals surface area contributed by atoms with E-state index in [0.29, 0.717) is 10.5 Å². The van der Waals surface area contributed by atoms with Gasteiger partial charge in [0.1, 0.15) is 0 Å². The summed E-state index contributed by atoms with van der Waals surface area (Å²) in [7, 11) is 3.31. The first-order chi connectivity index (χ1) is 11.4. The maximum atomic E-state index is 13.2. The average Bonchev–Trinajstić information content (AvgIpc) is 2.56. The van der Waals surface area contributed by atoms with E-state index in [0.717, 1.165) is 12.1 Å². The Balaban J connectivity index is 2.14. The lowest BCUT2D eigenvalue weighted by atomic mass is 10.2. The number of amides is 2. The lowest BCUT2D eigenvalue weighted by Gasteiger charge is -2.12. The molecule has 2 aromatic carbocycles. The highest BCUT2D eigenvalue weighted by atomic mass is 32.2. The zero-order valence-electron chi connectivity index (χ0n) is 13.2. The highest BCUT2D eigenvalue weighted by molar-refractivity contribution is 8.00. The maximum absolute atomic E-state index is 13.2. The summed E-state index contributed by atoms with van der Waals surface area (Å²) in [4.78, 5) is 26.2. The molecule has 0 unspecified atom stereocenters. The quantitative estimate of drug-likeness (QED) is 0.841. The fraction of sp³-hybridized carbons (Fsp3) is 0.176. The van der Waals surface area contributed by atoms with Crippen molar-refractivity contribution in [3.8, 4) is 0 Å². The fourth-order valence-electron chi connectivity index (χ4n) is 1.82. The van der Waals surface area contributed by atoms with Gasteiger partial charge in [-0.2, -0.15) is 0 Å². The zero-order chi connectivity index (χ0) is 17.7. The number of carbonyl (C=O) groups is 2. The van der Waals surface area contributed by atoms with Crippen LogP contribution in [0.1, 0.15) is 10.4 Å². The van der Waals surface area contributed by atoms with Crippen LogP contribution >= 0.6 is 11.8 Å². The molecule has 0 bridgehead atoms. The van der Waals surface area contributed by atoms with Gasteiger partial charge < -0.3 is 10.2 Å². The lowest BCUT2D eigenvalue weighted by Crippen LogP contribution is -2.23. The minimum absolute atomic E-state index is 0.0733. The molecule has 7 heteroatoms. The van der Waals surface area contributed by atoms with Gasteiger partial charge in [0.05, 0.1) is 11.3 Å². The van der Waals surface area contributed by atoms with Crippen molar-refractivity contribution in [3.05, 3.63) is 59.7 Å². The first-order valence-corrected chi connectivity index (χ1v) is 8.05. The maximum Gasteiger partial charge on any atom is 0.256 e. The summed E-state index contributed by atoms with van der Waals surface area (Å²) in [6.07, 6.45) is 0. The number of nitrogens with zero attached hydrogens (tertiary/aromatic N) is 1.